The highest BCUT2D eigenvalue weighted by molar-refractivity contribution is 6.30. The topological polar surface area (TPSA) is 24.8 Å². The van der Waals surface area contributed by atoms with E-state index in [-0.39, 0.29) is 18.1 Å². The van der Waals surface area contributed by atoms with Crippen molar-refractivity contribution in [3.8, 4) is 5.75 Å². The lowest BCUT2D eigenvalue weighted by atomic mass is 9.96. The summed E-state index contributed by atoms with van der Waals surface area (Å²) in [6.45, 7) is 0. The quantitative estimate of drug-likeness (QED) is 0.569. The van der Waals surface area contributed by atoms with Crippen LogP contribution in [0.3, 0.4) is 0 Å². The molecule has 5 rings (SSSR count). The summed E-state index contributed by atoms with van der Waals surface area (Å²) in [4.78, 5) is 0. The Bertz CT molecular complexity index is 1020. The maximum Gasteiger partial charge on any atom is 0.213 e. The largest absolute Gasteiger partial charge is 0.464 e. The number of rotatable bonds is 2. The summed E-state index contributed by atoms with van der Waals surface area (Å²) >= 11 is 6.24. The van der Waals surface area contributed by atoms with Gasteiger partial charge in [-0.05, 0) is 35.9 Å². The van der Waals surface area contributed by atoms with Crippen molar-refractivity contribution >= 4 is 17.3 Å². The lowest BCUT2D eigenvalue weighted by molar-refractivity contribution is -0.0190. The van der Waals surface area contributed by atoms with Crippen LogP contribution in [0.5, 0.6) is 5.75 Å². The van der Waals surface area contributed by atoms with Gasteiger partial charge in [-0.3, -0.25) is 0 Å². The highest BCUT2D eigenvalue weighted by Gasteiger charge is 2.41. The van der Waals surface area contributed by atoms with Crippen molar-refractivity contribution < 1.29 is 9.13 Å². The highest BCUT2D eigenvalue weighted by Crippen LogP contribution is 2.48. The number of nitrogens with zero attached hydrogens (tertiary/aromatic N) is 2. The van der Waals surface area contributed by atoms with Gasteiger partial charge in [0.1, 0.15) is 11.6 Å². The Morgan fingerprint density at radius 3 is 2.56 bits per heavy atom. The van der Waals surface area contributed by atoms with Crippen molar-refractivity contribution in [1.29, 1.82) is 0 Å². The molecule has 0 saturated carbocycles. The molecule has 0 aliphatic carbocycles. The molecule has 134 valence electrons. The van der Waals surface area contributed by atoms with Crippen molar-refractivity contribution in [2.24, 2.45) is 5.10 Å². The van der Waals surface area contributed by atoms with E-state index in [0.717, 1.165) is 28.2 Å². The fourth-order valence-electron chi connectivity index (χ4n) is 3.71. The monoisotopic (exact) mass is 378 g/mol. The van der Waals surface area contributed by atoms with Gasteiger partial charge in [0.2, 0.25) is 6.23 Å². The Hall–Kier alpha value is -2.85. The van der Waals surface area contributed by atoms with Gasteiger partial charge in [0, 0.05) is 22.6 Å². The van der Waals surface area contributed by atoms with Crippen LogP contribution in [-0.2, 0) is 0 Å². The van der Waals surface area contributed by atoms with Gasteiger partial charge in [0.15, 0.2) is 0 Å². The molecule has 0 N–H and O–H groups in total. The summed E-state index contributed by atoms with van der Waals surface area (Å²) in [5, 5.41) is 7.52. The molecule has 2 aliphatic rings. The van der Waals surface area contributed by atoms with Gasteiger partial charge in [-0.15, -0.1) is 0 Å². The third-order valence-corrected chi connectivity index (χ3v) is 5.25. The predicted molar refractivity (Wildman–Crippen MR) is 103 cm³/mol. The average molecular weight is 379 g/mol. The smallest absolute Gasteiger partial charge is 0.213 e. The van der Waals surface area contributed by atoms with Gasteiger partial charge in [-0.2, -0.15) is 5.10 Å². The summed E-state index contributed by atoms with van der Waals surface area (Å²) in [7, 11) is 0. The molecule has 5 heteroatoms. The zero-order valence-electron chi connectivity index (χ0n) is 14.3. The molecule has 0 spiro atoms. The third kappa shape index (κ3) is 2.86. The molecular formula is C22H16ClFN2O. The molecule has 0 aromatic heterocycles. The van der Waals surface area contributed by atoms with Crippen LogP contribution < -0.4 is 4.74 Å². The third-order valence-electron chi connectivity index (χ3n) is 5.01. The van der Waals surface area contributed by atoms with E-state index in [4.69, 9.17) is 21.4 Å². The maximum atomic E-state index is 13.3. The van der Waals surface area contributed by atoms with E-state index in [1.54, 1.807) is 12.1 Å². The standard InChI is InChI=1S/C22H16ClFN2O/c23-16-8-11-21-18(12-16)20-13-19(14-6-9-17(24)10-7-14)25-26(20)22(27-21)15-4-2-1-3-5-15/h1-12,20,22H,13H2/t20-,22-/m1/s1. The number of hydrazone groups is 1. The first kappa shape index (κ1) is 16.3. The van der Waals surface area contributed by atoms with Crippen molar-refractivity contribution in [1.82, 2.24) is 5.01 Å². The molecule has 0 amide bonds. The van der Waals surface area contributed by atoms with Crippen LogP contribution >= 0.6 is 11.6 Å². The molecule has 3 aromatic carbocycles. The van der Waals surface area contributed by atoms with Crippen molar-refractivity contribution in [3.05, 3.63) is 100 Å². The lowest BCUT2D eigenvalue weighted by Gasteiger charge is -2.38. The summed E-state index contributed by atoms with van der Waals surface area (Å²) in [5.74, 6) is 0.572. The van der Waals surface area contributed by atoms with Crippen LogP contribution in [0, 0.1) is 5.82 Å². The Morgan fingerprint density at radius 2 is 1.78 bits per heavy atom. The average Bonchev–Trinajstić information content (AvgIpc) is 3.14. The van der Waals surface area contributed by atoms with Crippen LogP contribution in [0.2, 0.25) is 5.02 Å². The lowest BCUT2D eigenvalue weighted by Crippen LogP contribution is -2.33. The second kappa shape index (κ2) is 6.39. The molecule has 2 heterocycles. The van der Waals surface area contributed by atoms with E-state index in [2.05, 4.69) is 0 Å². The van der Waals surface area contributed by atoms with Crippen LogP contribution in [0.4, 0.5) is 4.39 Å². The van der Waals surface area contributed by atoms with Gasteiger partial charge in [0.25, 0.3) is 0 Å². The SMILES string of the molecule is Fc1ccc(C2=NN3[C@H](C2)c2cc(Cl)ccc2O[C@@H]3c2ccccc2)cc1. The van der Waals surface area contributed by atoms with Gasteiger partial charge in [-0.1, -0.05) is 54.1 Å². The van der Waals surface area contributed by atoms with Crippen LogP contribution in [0.1, 0.15) is 35.4 Å². The second-order valence-corrected chi connectivity index (χ2v) is 7.15. The Balaban J connectivity index is 1.60. The van der Waals surface area contributed by atoms with E-state index in [1.165, 1.54) is 12.1 Å². The first-order valence-corrected chi connectivity index (χ1v) is 9.19. The minimum Gasteiger partial charge on any atom is -0.464 e. The molecular weight excluding hydrogens is 363 g/mol. The van der Waals surface area contributed by atoms with E-state index in [1.807, 2.05) is 53.5 Å². The highest BCUT2D eigenvalue weighted by atomic mass is 35.5. The fraction of sp³-hybridized carbons (Fsp3) is 0.136. The van der Waals surface area contributed by atoms with E-state index in [9.17, 15) is 4.39 Å². The number of hydrogen-bond acceptors (Lipinski definition) is 3. The number of benzene rings is 3. The molecule has 0 unspecified atom stereocenters. The van der Waals surface area contributed by atoms with Gasteiger partial charge in [-0.25, -0.2) is 9.40 Å². The normalized spacial score (nSPS) is 20.5. The molecule has 3 aromatic rings. The van der Waals surface area contributed by atoms with Gasteiger partial charge >= 0.3 is 0 Å². The van der Waals surface area contributed by atoms with Gasteiger partial charge < -0.3 is 4.74 Å². The Kier molecular flexibility index (Phi) is 3.87. The maximum absolute atomic E-state index is 13.3. The van der Waals surface area contributed by atoms with E-state index >= 15 is 0 Å². The predicted octanol–water partition coefficient (Wildman–Crippen LogP) is 5.72. The number of hydrogen-bond donors (Lipinski definition) is 0. The van der Waals surface area contributed by atoms with Crippen LogP contribution in [-0.4, -0.2) is 10.7 Å². The molecule has 0 saturated heterocycles. The van der Waals surface area contributed by atoms with Crippen LogP contribution in [0.15, 0.2) is 77.9 Å². The summed E-state index contributed by atoms with van der Waals surface area (Å²) in [5.41, 5.74) is 3.89. The zero-order valence-corrected chi connectivity index (χ0v) is 15.1. The van der Waals surface area contributed by atoms with Crippen molar-refractivity contribution in [3.63, 3.8) is 0 Å². The molecule has 27 heavy (non-hydrogen) atoms. The summed E-state index contributed by atoms with van der Waals surface area (Å²) in [6, 6.07) is 22.2. The molecule has 2 aliphatic heterocycles. The molecule has 0 fully saturated rings. The molecule has 3 nitrogen and oxygen atoms in total. The molecule has 0 bridgehead atoms. The second-order valence-electron chi connectivity index (χ2n) is 6.72. The van der Waals surface area contributed by atoms with E-state index < -0.39 is 0 Å². The summed E-state index contributed by atoms with van der Waals surface area (Å²) in [6.07, 6.45) is 0.397. The van der Waals surface area contributed by atoms with Gasteiger partial charge in [0.05, 0.1) is 11.8 Å². The van der Waals surface area contributed by atoms with E-state index in [0.29, 0.717) is 11.4 Å². The zero-order chi connectivity index (χ0) is 18.4. The minimum absolute atomic E-state index is 0.0257. The van der Waals surface area contributed by atoms with Crippen molar-refractivity contribution in [2.45, 2.75) is 18.7 Å². The fourth-order valence-corrected chi connectivity index (χ4v) is 3.89. The summed E-state index contributed by atoms with van der Waals surface area (Å²) < 4.78 is 19.6. The first-order chi connectivity index (χ1) is 13.2. The number of ether oxygens (including phenoxy) is 1. The first-order valence-electron chi connectivity index (χ1n) is 8.82. The minimum atomic E-state index is -0.317. The Morgan fingerprint density at radius 1 is 1.00 bits per heavy atom. The molecule has 2 atom stereocenters. The van der Waals surface area contributed by atoms with Crippen molar-refractivity contribution in [2.75, 3.05) is 0 Å². The molecule has 0 radical (unpaired) electrons. The Labute approximate surface area is 161 Å². The van der Waals surface area contributed by atoms with Crippen LogP contribution in [0.25, 0.3) is 0 Å². The number of fused-ring (bicyclic) bond motifs is 3. The number of halogens is 2.